The lowest BCUT2D eigenvalue weighted by Gasteiger charge is -2.21. The maximum Gasteiger partial charge on any atom is 0.253 e. The summed E-state index contributed by atoms with van der Waals surface area (Å²) in [5.74, 6) is -0.680. The van der Waals surface area contributed by atoms with Crippen molar-refractivity contribution >= 4 is 29.1 Å². The Hall–Kier alpha value is -0.0600. The Balaban J connectivity index is 4.00. The van der Waals surface area contributed by atoms with Crippen LogP contribution in [0.3, 0.4) is 0 Å². The van der Waals surface area contributed by atoms with E-state index in [1.165, 1.54) is 0 Å². The number of unbranched alkanes of at least 4 members (excludes halogenated alkanes) is 2. The molecule has 0 saturated heterocycles. The van der Waals surface area contributed by atoms with Crippen LogP contribution < -0.4 is 5.32 Å². The van der Waals surface area contributed by atoms with Gasteiger partial charge in [0.2, 0.25) is 0 Å². The fourth-order valence-corrected chi connectivity index (χ4v) is 1.41. The Kier molecular flexibility index (Phi) is 8.99. The number of amides is 1. The molecule has 2 atom stereocenters. The van der Waals surface area contributed by atoms with Crippen molar-refractivity contribution in [3.63, 3.8) is 0 Å². The topological polar surface area (TPSA) is 49.3 Å². The van der Waals surface area contributed by atoms with E-state index in [9.17, 15) is 14.3 Å². The number of hydrogen-bond acceptors (Lipinski definition) is 2. The molecule has 6 heteroatoms. The number of nitrogens with one attached hydrogen (secondary N) is 1. The van der Waals surface area contributed by atoms with Gasteiger partial charge in [-0.15, -0.1) is 0 Å². The lowest BCUT2D eigenvalue weighted by Crippen LogP contribution is -2.46. The molecule has 0 aliphatic heterocycles. The molecule has 0 radical (unpaired) electrons. The highest BCUT2D eigenvalue weighted by atomic mass is 35.5. The van der Waals surface area contributed by atoms with E-state index in [0.29, 0.717) is 6.42 Å². The van der Waals surface area contributed by atoms with E-state index in [-0.39, 0.29) is 0 Å². The van der Waals surface area contributed by atoms with Crippen molar-refractivity contribution in [3.05, 3.63) is 0 Å². The largest absolute Gasteiger partial charge is 0.391 e. The molecule has 2 N–H and O–H groups in total. The van der Waals surface area contributed by atoms with Gasteiger partial charge in [0.05, 0.1) is 12.1 Å². The molecule has 0 saturated carbocycles. The van der Waals surface area contributed by atoms with Crippen LogP contribution in [0.2, 0.25) is 0 Å². The number of hydrogen-bond donors (Lipinski definition) is 2. The monoisotopic (exact) mass is 273 g/mol. The Morgan fingerprint density at radius 1 is 1.44 bits per heavy atom. The third kappa shape index (κ3) is 6.51. The van der Waals surface area contributed by atoms with Gasteiger partial charge in [-0.1, -0.05) is 49.4 Å². The number of carbonyl (C=O) groups is 1. The normalized spacial score (nSPS) is 14.9. The third-order valence-electron chi connectivity index (χ3n) is 2.26. The van der Waals surface area contributed by atoms with Crippen LogP contribution in [-0.4, -0.2) is 34.7 Å². The van der Waals surface area contributed by atoms with Crippen molar-refractivity contribution in [1.29, 1.82) is 0 Å². The summed E-state index contributed by atoms with van der Waals surface area (Å²) in [7, 11) is 0. The standard InChI is InChI=1S/C10H18Cl2FNO2/c1-2-3-4-5-8(15)7(6-13)14-10(16)9(11)12/h7-9,15H,2-6H2,1H3,(H,14,16). The number of alkyl halides is 3. The first kappa shape index (κ1) is 15.9. The molecule has 0 rings (SSSR count). The van der Waals surface area contributed by atoms with Crippen molar-refractivity contribution in [2.75, 3.05) is 6.67 Å². The van der Waals surface area contributed by atoms with Gasteiger partial charge in [-0.3, -0.25) is 4.79 Å². The van der Waals surface area contributed by atoms with Crippen molar-refractivity contribution in [2.45, 2.75) is 49.6 Å². The summed E-state index contributed by atoms with van der Waals surface area (Å²) in [4.78, 5) is 9.85. The van der Waals surface area contributed by atoms with Gasteiger partial charge < -0.3 is 10.4 Å². The van der Waals surface area contributed by atoms with Crippen LogP contribution in [0.15, 0.2) is 0 Å². The molecule has 0 aliphatic carbocycles. The zero-order valence-electron chi connectivity index (χ0n) is 9.26. The lowest BCUT2D eigenvalue weighted by atomic mass is 10.0. The van der Waals surface area contributed by atoms with E-state index >= 15 is 0 Å². The van der Waals surface area contributed by atoms with Gasteiger partial charge in [-0.05, 0) is 6.42 Å². The summed E-state index contributed by atoms with van der Waals surface area (Å²) in [6, 6.07) is -0.927. The zero-order valence-corrected chi connectivity index (χ0v) is 10.8. The van der Waals surface area contributed by atoms with Crippen LogP contribution in [0, 0.1) is 0 Å². The van der Waals surface area contributed by atoms with E-state index in [1.807, 2.05) is 6.92 Å². The SMILES string of the molecule is CCCCCC(O)C(CF)NC(=O)C(Cl)Cl. The molecule has 0 aliphatic rings. The Morgan fingerprint density at radius 2 is 2.06 bits per heavy atom. The smallest absolute Gasteiger partial charge is 0.253 e. The first-order chi connectivity index (χ1) is 7.52. The van der Waals surface area contributed by atoms with Gasteiger partial charge in [-0.2, -0.15) is 0 Å². The molecule has 0 spiro atoms. The van der Waals surface area contributed by atoms with Crippen LogP contribution in [0.25, 0.3) is 0 Å². The maximum absolute atomic E-state index is 12.6. The summed E-state index contributed by atoms with van der Waals surface area (Å²) >= 11 is 10.6. The maximum atomic E-state index is 12.6. The molecule has 3 nitrogen and oxygen atoms in total. The number of aliphatic hydroxyl groups excluding tert-OH is 1. The predicted molar refractivity (Wildman–Crippen MR) is 63.5 cm³/mol. The minimum atomic E-state index is -1.24. The molecule has 2 unspecified atom stereocenters. The van der Waals surface area contributed by atoms with Crippen LogP contribution in [0.4, 0.5) is 4.39 Å². The quantitative estimate of drug-likeness (QED) is 0.526. The number of halogens is 3. The van der Waals surface area contributed by atoms with Crippen LogP contribution in [-0.2, 0) is 4.79 Å². The summed E-state index contributed by atoms with van der Waals surface area (Å²) in [5.41, 5.74) is 0. The second-order valence-corrected chi connectivity index (χ2v) is 4.73. The predicted octanol–water partition coefficient (Wildman–Crippen LogP) is 2.19. The minimum absolute atomic E-state index is 0.456. The molecule has 1 amide bonds. The first-order valence-corrected chi connectivity index (χ1v) is 6.22. The molecule has 0 aromatic heterocycles. The molecule has 16 heavy (non-hydrogen) atoms. The molecule has 0 heterocycles. The number of carbonyl (C=O) groups excluding carboxylic acids is 1. The van der Waals surface area contributed by atoms with Gasteiger partial charge in [-0.25, -0.2) is 4.39 Å². The van der Waals surface area contributed by atoms with Crippen LogP contribution in [0.5, 0.6) is 0 Å². The van der Waals surface area contributed by atoms with Gasteiger partial charge in [0.1, 0.15) is 6.67 Å². The van der Waals surface area contributed by atoms with E-state index in [0.717, 1.165) is 19.3 Å². The summed E-state index contributed by atoms with van der Waals surface area (Å²) in [6.45, 7) is 1.20. The Morgan fingerprint density at radius 3 is 2.50 bits per heavy atom. The molecule has 0 bridgehead atoms. The first-order valence-electron chi connectivity index (χ1n) is 5.35. The van der Waals surface area contributed by atoms with Crippen LogP contribution >= 0.6 is 23.2 Å². The molecular weight excluding hydrogens is 256 g/mol. The van der Waals surface area contributed by atoms with E-state index < -0.39 is 29.6 Å². The fourth-order valence-electron chi connectivity index (χ4n) is 1.29. The Bertz CT molecular complexity index is 205. The van der Waals surface area contributed by atoms with Crippen LogP contribution in [0.1, 0.15) is 32.6 Å². The van der Waals surface area contributed by atoms with E-state index in [2.05, 4.69) is 5.32 Å². The Labute approximate surface area is 105 Å². The second kappa shape index (κ2) is 9.02. The molecule has 0 aromatic carbocycles. The van der Waals surface area contributed by atoms with Crippen molar-refractivity contribution in [3.8, 4) is 0 Å². The van der Waals surface area contributed by atoms with Crippen molar-refractivity contribution < 1.29 is 14.3 Å². The van der Waals surface area contributed by atoms with E-state index in [4.69, 9.17) is 23.2 Å². The molecule has 96 valence electrons. The highest BCUT2D eigenvalue weighted by Crippen LogP contribution is 2.09. The average molecular weight is 274 g/mol. The lowest BCUT2D eigenvalue weighted by molar-refractivity contribution is -0.121. The summed E-state index contributed by atoms with van der Waals surface area (Å²) in [5, 5.41) is 11.9. The number of aliphatic hydroxyl groups is 1. The van der Waals surface area contributed by atoms with Gasteiger partial charge in [0.15, 0.2) is 4.84 Å². The third-order valence-corrected chi connectivity index (χ3v) is 2.66. The highest BCUT2D eigenvalue weighted by Gasteiger charge is 2.23. The minimum Gasteiger partial charge on any atom is -0.391 e. The average Bonchev–Trinajstić information content (AvgIpc) is 2.25. The number of rotatable bonds is 8. The summed E-state index contributed by atoms with van der Waals surface area (Å²) < 4.78 is 12.6. The molecular formula is C10H18Cl2FNO2. The van der Waals surface area contributed by atoms with Gasteiger partial charge in [0.25, 0.3) is 5.91 Å². The van der Waals surface area contributed by atoms with Crippen molar-refractivity contribution in [2.24, 2.45) is 0 Å². The van der Waals surface area contributed by atoms with Gasteiger partial charge in [0, 0.05) is 0 Å². The van der Waals surface area contributed by atoms with E-state index in [1.54, 1.807) is 0 Å². The van der Waals surface area contributed by atoms with Gasteiger partial charge >= 0.3 is 0 Å². The molecule has 0 fully saturated rings. The fraction of sp³-hybridized carbons (Fsp3) is 0.900. The van der Waals surface area contributed by atoms with Crippen molar-refractivity contribution in [1.82, 2.24) is 5.32 Å². The molecule has 0 aromatic rings. The second-order valence-electron chi connectivity index (χ2n) is 3.63. The zero-order chi connectivity index (χ0) is 12.6. The summed E-state index contributed by atoms with van der Waals surface area (Å²) in [6.07, 6.45) is 2.35. The highest BCUT2D eigenvalue weighted by molar-refractivity contribution is 6.53.